The molecule has 0 saturated carbocycles. The normalized spacial score (nSPS) is 13.1. The van der Waals surface area contributed by atoms with Gasteiger partial charge in [-0.25, -0.2) is 0 Å². The lowest BCUT2D eigenvalue weighted by Gasteiger charge is -2.26. The Labute approximate surface area is 475 Å². The number of aryl methyl sites for hydroxylation is 4. The third-order valence-electron chi connectivity index (χ3n) is 17.2. The highest BCUT2D eigenvalue weighted by Crippen LogP contribution is 2.50. The number of benzene rings is 12. The summed E-state index contributed by atoms with van der Waals surface area (Å²) in [5.41, 5.74) is 17.6. The van der Waals surface area contributed by atoms with Gasteiger partial charge in [-0.2, -0.15) is 0 Å². The van der Waals surface area contributed by atoms with Gasteiger partial charge in [-0.15, -0.1) is 11.3 Å². The van der Waals surface area contributed by atoms with Crippen molar-refractivity contribution in [2.24, 2.45) is 0 Å². The summed E-state index contributed by atoms with van der Waals surface area (Å²) in [6.45, 7) is 8.63. The van der Waals surface area contributed by atoms with E-state index in [0.29, 0.717) is 11.5 Å². The van der Waals surface area contributed by atoms with Crippen LogP contribution in [-0.2, 0) is 0 Å². The molecule has 17 rings (SSSR count). The molecule has 6 heteroatoms. The molecule has 81 heavy (non-hydrogen) atoms. The van der Waals surface area contributed by atoms with Crippen molar-refractivity contribution in [3.8, 4) is 0 Å². The summed E-state index contributed by atoms with van der Waals surface area (Å²) in [6, 6.07) is 74.3. The third-order valence-corrected chi connectivity index (χ3v) is 18.4. The van der Waals surface area contributed by atoms with Crippen molar-refractivity contribution in [3.63, 3.8) is 0 Å². The minimum atomic E-state index is -2.28. The molecule has 0 amide bonds. The number of hydrogen-bond donors (Lipinski definition) is 0. The number of thiophene rings is 1. The highest BCUT2D eigenvalue weighted by Gasteiger charge is 2.25. The first kappa shape index (κ1) is 43.3. The van der Waals surface area contributed by atoms with Crippen molar-refractivity contribution in [3.05, 3.63) is 234 Å². The Balaban J connectivity index is 0.850. The van der Waals surface area contributed by atoms with Gasteiger partial charge in [-0.05, 0) is 181 Å². The molecule has 0 aliphatic carbocycles. The monoisotopic (exact) mass is 1060 g/mol. The largest absolute Gasteiger partial charge is 0.456 e. The van der Waals surface area contributed by atoms with E-state index in [4.69, 9.17) is 12.9 Å². The summed E-state index contributed by atoms with van der Waals surface area (Å²) < 4.78 is 43.3. The van der Waals surface area contributed by atoms with Crippen LogP contribution in [0.2, 0.25) is 0 Å². The molecule has 0 bridgehead atoms. The number of rotatable bonds is 7. The third kappa shape index (κ3) is 6.84. The molecule has 17 aromatic rings. The molecule has 12 aromatic carbocycles. The smallest absolute Gasteiger partial charge is 0.137 e. The summed E-state index contributed by atoms with van der Waals surface area (Å²) in [5, 5.41) is 16.6. The standard InChI is InChI=1S/C75H53N3O2S/c1-41(2)47-35-63-55-20-16-48(76(52-31-42(3)29-43(4)32-52)50-19-23-62-70(39-50)80-68-28-15-46-11-7-8-12-54(46)73(62)68)37-66(55)78-65-27-26-61-59(72(65)64(36-47)74(63)78)24-25-60-58-22-18-51(40-71(58)81-75(60)61)77(53-33-44(5)30-45(6)34-53)49-17-21-57-56-13-9-10-14-67(56)79-69(57)38-49/h7-41H,1-6H3/i5D3. The van der Waals surface area contributed by atoms with Gasteiger partial charge < -0.3 is 23.0 Å². The van der Waals surface area contributed by atoms with E-state index in [2.05, 4.69) is 218 Å². The number of anilines is 6. The number of para-hydroxylation sites is 1. The summed E-state index contributed by atoms with van der Waals surface area (Å²) >= 11 is 1.81. The van der Waals surface area contributed by atoms with Crippen molar-refractivity contribution < 1.29 is 12.9 Å². The molecule has 0 aliphatic rings. The van der Waals surface area contributed by atoms with E-state index in [-0.39, 0.29) is 0 Å². The number of fused-ring (bicyclic) bond motifs is 20. The topological polar surface area (TPSA) is 37.2 Å². The summed E-state index contributed by atoms with van der Waals surface area (Å²) in [7, 11) is 0. The van der Waals surface area contributed by atoms with Gasteiger partial charge >= 0.3 is 0 Å². The molecule has 5 aromatic heterocycles. The highest BCUT2D eigenvalue weighted by molar-refractivity contribution is 7.26. The molecule has 5 nitrogen and oxygen atoms in total. The van der Waals surface area contributed by atoms with Crippen LogP contribution in [0.25, 0.3) is 124 Å². The predicted molar refractivity (Wildman–Crippen MR) is 346 cm³/mol. The fourth-order valence-electron chi connectivity index (χ4n) is 13.7. The quantitative estimate of drug-likeness (QED) is 0.159. The molecule has 0 fully saturated rings. The lowest BCUT2D eigenvalue weighted by atomic mass is 9.95. The summed E-state index contributed by atoms with van der Waals surface area (Å²) in [6.07, 6.45) is 0. The first-order valence-corrected chi connectivity index (χ1v) is 28.7. The summed E-state index contributed by atoms with van der Waals surface area (Å²) in [5.74, 6) is 0.317. The van der Waals surface area contributed by atoms with Crippen LogP contribution >= 0.6 is 11.3 Å². The molecule has 386 valence electrons. The van der Waals surface area contributed by atoms with E-state index in [0.717, 1.165) is 93.8 Å². The fourth-order valence-corrected chi connectivity index (χ4v) is 15.0. The van der Waals surface area contributed by atoms with Crippen LogP contribution in [0.4, 0.5) is 34.1 Å². The van der Waals surface area contributed by atoms with Gasteiger partial charge in [0, 0.05) is 119 Å². The minimum absolute atomic E-state index is 0.302. The van der Waals surface area contributed by atoms with E-state index in [1.807, 2.05) is 42.5 Å². The highest BCUT2D eigenvalue weighted by atomic mass is 32.1. The van der Waals surface area contributed by atoms with Crippen LogP contribution in [-0.4, -0.2) is 4.40 Å². The maximum atomic E-state index is 8.43. The minimum Gasteiger partial charge on any atom is -0.456 e. The maximum Gasteiger partial charge on any atom is 0.137 e. The Bertz CT molecular complexity index is 5640. The van der Waals surface area contributed by atoms with Crippen LogP contribution in [0.15, 0.2) is 215 Å². The van der Waals surface area contributed by atoms with Crippen molar-refractivity contribution in [1.82, 2.24) is 4.40 Å². The Hall–Kier alpha value is -9.62. The van der Waals surface area contributed by atoms with Gasteiger partial charge in [0.1, 0.15) is 22.3 Å². The average Bonchev–Trinajstić information content (AvgIpc) is 1.56. The molecule has 0 unspecified atom stereocenters. The molecule has 5 heterocycles. The number of hydrogen-bond acceptors (Lipinski definition) is 5. The van der Waals surface area contributed by atoms with Crippen LogP contribution in [0, 0.1) is 27.6 Å². The molecule has 0 aliphatic heterocycles. The van der Waals surface area contributed by atoms with Crippen molar-refractivity contribution >= 4 is 169 Å². The second kappa shape index (κ2) is 16.9. The lowest BCUT2D eigenvalue weighted by Crippen LogP contribution is -2.10. The van der Waals surface area contributed by atoms with Crippen LogP contribution < -0.4 is 9.80 Å². The van der Waals surface area contributed by atoms with Crippen molar-refractivity contribution in [2.45, 2.75) is 47.4 Å². The van der Waals surface area contributed by atoms with Gasteiger partial charge in [-0.1, -0.05) is 105 Å². The summed E-state index contributed by atoms with van der Waals surface area (Å²) in [4.78, 5) is 4.56. The maximum absolute atomic E-state index is 8.43. The van der Waals surface area contributed by atoms with Gasteiger partial charge in [-0.3, -0.25) is 0 Å². The SMILES string of the molecule is [2H]C([2H])([2H])c1cc(C)cc(N(c2ccc3c(c2)oc2ccccc23)c2ccc3c(c2)sc2c3ccc3c2ccc2c3c3cc(C(C)C)cc4c5ccc(N(c6cc(C)cc(C)c6)c6ccc7c(c6)oc6ccc8ccccc8c67)cc5n2c43)c1. The molecule has 0 spiro atoms. The zero-order valence-electron chi connectivity index (χ0n) is 48.3. The first-order chi connectivity index (χ1) is 40.8. The zero-order valence-corrected chi connectivity index (χ0v) is 46.1. The van der Waals surface area contributed by atoms with Crippen LogP contribution in [0.5, 0.6) is 0 Å². The van der Waals surface area contributed by atoms with Gasteiger partial charge in [0.2, 0.25) is 0 Å². The zero-order chi connectivity index (χ0) is 56.6. The molecule has 0 N–H and O–H groups in total. The Morgan fingerprint density at radius 1 is 0.395 bits per heavy atom. The van der Waals surface area contributed by atoms with E-state index in [1.165, 1.54) is 86.3 Å². The Morgan fingerprint density at radius 2 is 0.963 bits per heavy atom. The Morgan fingerprint density at radius 3 is 1.73 bits per heavy atom. The molecule has 0 saturated heterocycles. The van der Waals surface area contributed by atoms with E-state index in [1.54, 1.807) is 6.07 Å². The van der Waals surface area contributed by atoms with Crippen LogP contribution in [0.3, 0.4) is 0 Å². The average molecular weight is 1060 g/mol. The molecule has 0 atom stereocenters. The molecular weight excluding hydrogens is 1010 g/mol. The molecular formula is C75H53N3O2S. The van der Waals surface area contributed by atoms with Crippen LogP contribution in [0.1, 0.15) is 51.7 Å². The van der Waals surface area contributed by atoms with Crippen molar-refractivity contribution in [1.29, 1.82) is 0 Å². The van der Waals surface area contributed by atoms with Gasteiger partial charge in [0.05, 0.1) is 16.6 Å². The van der Waals surface area contributed by atoms with E-state index < -0.39 is 6.85 Å². The first-order valence-electron chi connectivity index (χ1n) is 29.4. The molecule has 0 radical (unpaired) electrons. The Kier molecular flexibility index (Phi) is 9.06. The van der Waals surface area contributed by atoms with E-state index in [9.17, 15) is 0 Å². The fraction of sp³-hybridized carbons (Fsp3) is 0.0933. The number of furan rings is 2. The second-order valence-corrected chi connectivity index (χ2v) is 23.8. The van der Waals surface area contributed by atoms with Gasteiger partial charge in [0.25, 0.3) is 0 Å². The number of nitrogens with zero attached hydrogens (tertiary/aromatic N) is 3. The number of aromatic nitrogens is 1. The second-order valence-electron chi connectivity index (χ2n) is 22.7. The van der Waals surface area contributed by atoms with E-state index >= 15 is 0 Å². The van der Waals surface area contributed by atoms with Crippen molar-refractivity contribution in [2.75, 3.05) is 9.80 Å². The predicted octanol–water partition coefficient (Wildman–Crippen LogP) is 22.6. The lowest BCUT2D eigenvalue weighted by molar-refractivity contribution is 0.668. The van der Waals surface area contributed by atoms with Gasteiger partial charge in [0.15, 0.2) is 0 Å².